The smallest absolute Gasteiger partial charge is 0.306 e. The molecule has 1 aliphatic rings. The van der Waals surface area contributed by atoms with Gasteiger partial charge in [0.15, 0.2) is 5.82 Å². The van der Waals surface area contributed by atoms with Crippen LogP contribution in [-0.2, 0) is 13.1 Å². The quantitative estimate of drug-likeness (QED) is 0.761. The Kier molecular flexibility index (Phi) is 4.35. The number of para-hydroxylation sites is 2. The van der Waals surface area contributed by atoms with Gasteiger partial charge in [0.2, 0.25) is 0 Å². The molecule has 25 heavy (non-hydrogen) atoms. The van der Waals surface area contributed by atoms with Crippen molar-refractivity contribution in [2.75, 3.05) is 13.1 Å². The number of nitrogens with one attached hydrogen (secondary N) is 1. The van der Waals surface area contributed by atoms with Crippen LogP contribution in [0.3, 0.4) is 0 Å². The van der Waals surface area contributed by atoms with Crippen LogP contribution < -0.4 is 5.69 Å². The monoisotopic (exact) mass is 341 g/mol. The molecule has 0 saturated carbocycles. The fourth-order valence-electron chi connectivity index (χ4n) is 3.69. The standard InChI is InChI=1S/C17H23N7O/c1-2-9-23-16(19-20-21-23)12-22-10-7-13(8-11-22)24-15-6-4-3-5-14(15)18-17(24)25/h3-6,13H,2,7-12H2,1H3,(H,18,25). The normalized spacial score (nSPS) is 16.7. The zero-order chi connectivity index (χ0) is 17.2. The van der Waals surface area contributed by atoms with Gasteiger partial charge in [0.25, 0.3) is 0 Å². The van der Waals surface area contributed by atoms with Gasteiger partial charge < -0.3 is 4.98 Å². The first-order valence-corrected chi connectivity index (χ1v) is 8.93. The van der Waals surface area contributed by atoms with E-state index in [-0.39, 0.29) is 11.7 Å². The van der Waals surface area contributed by atoms with E-state index in [9.17, 15) is 4.79 Å². The summed E-state index contributed by atoms with van der Waals surface area (Å²) in [7, 11) is 0. The average Bonchev–Trinajstić information content (AvgIpc) is 3.19. The highest BCUT2D eigenvalue weighted by molar-refractivity contribution is 5.75. The molecule has 3 heterocycles. The maximum absolute atomic E-state index is 12.4. The second-order valence-corrected chi connectivity index (χ2v) is 6.64. The van der Waals surface area contributed by atoms with Crippen LogP contribution in [0.15, 0.2) is 29.1 Å². The van der Waals surface area contributed by atoms with Crippen molar-refractivity contribution in [3.8, 4) is 0 Å². The number of H-pyrrole nitrogens is 1. The summed E-state index contributed by atoms with van der Waals surface area (Å²) in [4.78, 5) is 17.7. The van der Waals surface area contributed by atoms with E-state index in [1.54, 1.807) is 0 Å². The van der Waals surface area contributed by atoms with Crippen molar-refractivity contribution in [3.05, 3.63) is 40.6 Å². The largest absolute Gasteiger partial charge is 0.326 e. The number of rotatable bonds is 5. The fourth-order valence-corrected chi connectivity index (χ4v) is 3.69. The van der Waals surface area contributed by atoms with Gasteiger partial charge >= 0.3 is 5.69 Å². The van der Waals surface area contributed by atoms with Gasteiger partial charge in [0.1, 0.15) is 0 Å². The van der Waals surface area contributed by atoms with Crippen molar-refractivity contribution in [2.45, 2.75) is 45.3 Å². The highest BCUT2D eigenvalue weighted by Gasteiger charge is 2.24. The average molecular weight is 341 g/mol. The predicted octanol–water partition coefficient (Wildman–Crippen LogP) is 1.56. The molecule has 0 radical (unpaired) electrons. The minimum atomic E-state index is -0.00783. The Balaban J connectivity index is 1.45. The van der Waals surface area contributed by atoms with Gasteiger partial charge in [0, 0.05) is 25.7 Å². The first kappa shape index (κ1) is 16.0. The molecule has 0 aliphatic carbocycles. The van der Waals surface area contributed by atoms with Gasteiger partial charge in [-0.15, -0.1) is 5.10 Å². The number of imidazole rings is 1. The van der Waals surface area contributed by atoms with Gasteiger partial charge in [-0.25, -0.2) is 9.48 Å². The number of aromatic amines is 1. The maximum Gasteiger partial charge on any atom is 0.326 e. The lowest BCUT2D eigenvalue weighted by Gasteiger charge is -2.32. The summed E-state index contributed by atoms with van der Waals surface area (Å²) in [6.45, 7) is 5.62. The molecule has 132 valence electrons. The first-order chi connectivity index (χ1) is 12.3. The molecule has 1 fully saturated rings. The summed E-state index contributed by atoms with van der Waals surface area (Å²) in [5, 5.41) is 12.0. The molecule has 0 spiro atoms. The molecule has 0 amide bonds. The molecule has 4 rings (SSSR count). The van der Waals surface area contributed by atoms with Gasteiger partial charge in [-0.05, 0) is 41.8 Å². The van der Waals surface area contributed by atoms with Gasteiger partial charge in [-0.2, -0.15) is 0 Å². The lowest BCUT2D eigenvalue weighted by Crippen LogP contribution is -2.37. The van der Waals surface area contributed by atoms with Crippen molar-refractivity contribution >= 4 is 11.0 Å². The van der Waals surface area contributed by atoms with Gasteiger partial charge in [-0.1, -0.05) is 19.1 Å². The molecular weight excluding hydrogens is 318 g/mol. The van der Waals surface area contributed by atoms with Crippen molar-refractivity contribution in [1.29, 1.82) is 0 Å². The van der Waals surface area contributed by atoms with Crippen LogP contribution in [0.4, 0.5) is 0 Å². The van der Waals surface area contributed by atoms with Gasteiger partial charge in [-0.3, -0.25) is 9.47 Å². The number of nitrogens with zero attached hydrogens (tertiary/aromatic N) is 6. The van der Waals surface area contributed by atoms with Crippen LogP contribution in [0.2, 0.25) is 0 Å². The first-order valence-electron chi connectivity index (χ1n) is 8.93. The van der Waals surface area contributed by atoms with Crippen molar-refractivity contribution < 1.29 is 0 Å². The van der Waals surface area contributed by atoms with E-state index in [0.29, 0.717) is 0 Å². The van der Waals surface area contributed by atoms with E-state index >= 15 is 0 Å². The third-order valence-electron chi connectivity index (χ3n) is 4.95. The zero-order valence-corrected chi connectivity index (χ0v) is 14.4. The Labute approximate surface area is 145 Å². The van der Waals surface area contributed by atoms with Crippen LogP contribution in [0.1, 0.15) is 38.1 Å². The molecule has 0 atom stereocenters. The van der Waals surface area contributed by atoms with E-state index in [1.807, 2.05) is 33.5 Å². The number of tetrazole rings is 1. The number of hydrogen-bond donors (Lipinski definition) is 1. The number of piperidine rings is 1. The summed E-state index contributed by atoms with van der Waals surface area (Å²) in [6.07, 6.45) is 2.93. The van der Waals surface area contributed by atoms with Crippen molar-refractivity contribution in [1.82, 2.24) is 34.7 Å². The number of fused-ring (bicyclic) bond motifs is 1. The Morgan fingerprint density at radius 1 is 1.24 bits per heavy atom. The van der Waals surface area contributed by atoms with E-state index in [1.165, 1.54) is 0 Å². The SMILES string of the molecule is CCCn1nnnc1CN1CCC(n2c(=O)[nH]c3ccccc32)CC1. The predicted molar refractivity (Wildman–Crippen MR) is 94.2 cm³/mol. The number of aryl methyl sites for hydroxylation is 1. The topological polar surface area (TPSA) is 84.6 Å². The molecule has 3 aromatic rings. The minimum Gasteiger partial charge on any atom is -0.306 e. The molecule has 0 unspecified atom stereocenters. The lowest BCUT2D eigenvalue weighted by atomic mass is 10.0. The zero-order valence-electron chi connectivity index (χ0n) is 14.4. The van der Waals surface area contributed by atoms with E-state index in [2.05, 4.69) is 32.3 Å². The third-order valence-corrected chi connectivity index (χ3v) is 4.95. The molecular formula is C17H23N7O. The van der Waals surface area contributed by atoms with E-state index in [0.717, 1.165) is 62.3 Å². The molecule has 8 heteroatoms. The number of hydrogen-bond acceptors (Lipinski definition) is 5. The third kappa shape index (κ3) is 3.09. The molecule has 1 aliphatic heterocycles. The lowest BCUT2D eigenvalue weighted by molar-refractivity contribution is 0.173. The Morgan fingerprint density at radius 2 is 2.04 bits per heavy atom. The number of benzene rings is 1. The fraction of sp³-hybridized carbons (Fsp3) is 0.529. The van der Waals surface area contributed by atoms with Crippen molar-refractivity contribution in [2.24, 2.45) is 0 Å². The highest BCUT2D eigenvalue weighted by atomic mass is 16.1. The summed E-state index contributed by atoms with van der Waals surface area (Å²) in [5.74, 6) is 0.921. The van der Waals surface area contributed by atoms with E-state index < -0.39 is 0 Å². The van der Waals surface area contributed by atoms with Crippen LogP contribution in [-0.4, -0.2) is 47.7 Å². The maximum atomic E-state index is 12.4. The Morgan fingerprint density at radius 3 is 2.84 bits per heavy atom. The van der Waals surface area contributed by atoms with Gasteiger partial charge in [0.05, 0.1) is 17.6 Å². The van der Waals surface area contributed by atoms with Crippen LogP contribution in [0.25, 0.3) is 11.0 Å². The van der Waals surface area contributed by atoms with E-state index in [4.69, 9.17) is 0 Å². The summed E-state index contributed by atoms with van der Waals surface area (Å²) in [6, 6.07) is 8.14. The molecule has 1 saturated heterocycles. The molecule has 1 N–H and O–H groups in total. The molecule has 1 aromatic carbocycles. The van der Waals surface area contributed by atoms with Crippen LogP contribution in [0, 0.1) is 0 Å². The molecule has 0 bridgehead atoms. The number of likely N-dealkylation sites (tertiary alicyclic amines) is 1. The van der Waals surface area contributed by atoms with Crippen LogP contribution >= 0.6 is 0 Å². The second kappa shape index (κ2) is 6.79. The summed E-state index contributed by atoms with van der Waals surface area (Å²) in [5.41, 5.74) is 1.90. The molecule has 8 nitrogen and oxygen atoms in total. The minimum absolute atomic E-state index is 0.00783. The summed E-state index contributed by atoms with van der Waals surface area (Å²) < 4.78 is 3.81. The second-order valence-electron chi connectivity index (χ2n) is 6.64. The Bertz CT molecular complexity index is 901. The highest BCUT2D eigenvalue weighted by Crippen LogP contribution is 2.25. The summed E-state index contributed by atoms with van der Waals surface area (Å²) >= 11 is 0. The van der Waals surface area contributed by atoms with Crippen LogP contribution in [0.5, 0.6) is 0 Å². The Hall–Kier alpha value is -2.48. The van der Waals surface area contributed by atoms with Crippen molar-refractivity contribution in [3.63, 3.8) is 0 Å². The number of aromatic nitrogens is 6. The molecule has 2 aromatic heterocycles.